The summed E-state index contributed by atoms with van der Waals surface area (Å²) in [4.78, 5) is 9.23. The molecule has 5 heteroatoms. The van der Waals surface area contributed by atoms with E-state index in [1.807, 2.05) is 13.1 Å². The molecule has 1 aromatic heterocycles. The normalized spacial score (nSPS) is 22.9. The minimum atomic E-state index is -0.0463. The van der Waals surface area contributed by atoms with Crippen LogP contribution in [0, 0.1) is 0 Å². The van der Waals surface area contributed by atoms with Crippen LogP contribution in [0.25, 0.3) is 0 Å². The van der Waals surface area contributed by atoms with Crippen LogP contribution in [0.1, 0.15) is 46.4 Å². The summed E-state index contributed by atoms with van der Waals surface area (Å²) in [6.45, 7) is 9.71. The number of nitrogens with one attached hydrogen (secondary N) is 2. The number of hydrogen-bond acceptors (Lipinski definition) is 5. The zero-order valence-electron chi connectivity index (χ0n) is 13.2. The first kappa shape index (κ1) is 15.4. The maximum Gasteiger partial charge on any atom is 0.138 e. The number of nitrogens with zero attached hydrogens (tertiary/aromatic N) is 2. The molecule has 20 heavy (non-hydrogen) atoms. The highest BCUT2D eigenvalue weighted by molar-refractivity contribution is 8.00. The largest absolute Gasteiger partial charge is 0.373 e. The molecule has 2 N–H and O–H groups in total. The Morgan fingerprint density at radius 2 is 2.00 bits per heavy atom. The standard InChI is InChI=1S/C15H26N4S/c1-14(2,3)13-18-11(16-5)9-12(19-13)17-10-15(4)7-6-8-20-15/h9H,6-8,10H2,1-5H3,(H2,16,17,18,19). The van der Waals surface area contributed by atoms with Gasteiger partial charge in [0, 0.05) is 29.8 Å². The smallest absolute Gasteiger partial charge is 0.138 e. The summed E-state index contributed by atoms with van der Waals surface area (Å²) in [6.07, 6.45) is 2.60. The number of aromatic nitrogens is 2. The summed E-state index contributed by atoms with van der Waals surface area (Å²) < 4.78 is 0.340. The van der Waals surface area contributed by atoms with E-state index in [0.717, 1.165) is 24.0 Å². The van der Waals surface area contributed by atoms with E-state index in [1.165, 1.54) is 18.6 Å². The van der Waals surface area contributed by atoms with Crippen molar-refractivity contribution in [3.63, 3.8) is 0 Å². The molecule has 1 aromatic rings. The number of hydrogen-bond donors (Lipinski definition) is 2. The van der Waals surface area contributed by atoms with Gasteiger partial charge in [-0.15, -0.1) is 0 Å². The number of thioether (sulfide) groups is 1. The molecule has 1 aliphatic heterocycles. The quantitative estimate of drug-likeness (QED) is 0.890. The van der Waals surface area contributed by atoms with E-state index in [2.05, 4.69) is 60.1 Å². The average Bonchev–Trinajstić information content (AvgIpc) is 2.82. The van der Waals surface area contributed by atoms with E-state index in [-0.39, 0.29) is 5.41 Å². The molecule has 112 valence electrons. The predicted octanol–water partition coefficient (Wildman–Crippen LogP) is 3.51. The molecule has 1 unspecified atom stereocenters. The van der Waals surface area contributed by atoms with Crippen molar-refractivity contribution in [2.75, 3.05) is 30.0 Å². The van der Waals surface area contributed by atoms with Crippen LogP contribution in [-0.2, 0) is 5.41 Å². The van der Waals surface area contributed by atoms with Crippen molar-refractivity contribution in [3.05, 3.63) is 11.9 Å². The van der Waals surface area contributed by atoms with Crippen LogP contribution < -0.4 is 10.6 Å². The van der Waals surface area contributed by atoms with Crippen LogP contribution in [0.15, 0.2) is 6.07 Å². The van der Waals surface area contributed by atoms with Crippen molar-refractivity contribution in [1.29, 1.82) is 0 Å². The lowest BCUT2D eigenvalue weighted by molar-refractivity contribution is 0.546. The fraction of sp³-hybridized carbons (Fsp3) is 0.733. The predicted molar refractivity (Wildman–Crippen MR) is 88.9 cm³/mol. The van der Waals surface area contributed by atoms with Gasteiger partial charge in [-0.3, -0.25) is 0 Å². The fourth-order valence-electron chi connectivity index (χ4n) is 2.26. The van der Waals surface area contributed by atoms with Gasteiger partial charge >= 0.3 is 0 Å². The van der Waals surface area contributed by atoms with Gasteiger partial charge in [0.05, 0.1) is 0 Å². The second-order valence-electron chi connectivity index (χ2n) is 6.72. The molecule has 2 heterocycles. The van der Waals surface area contributed by atoms with E-state index in [0.29, 0.717) is 4.75 Å². The lowest BCUT2D eigenvalue weighted by atomic mass is 9.96. The Kier molecular flexibility index (Phi) is 4.47. The highest BCUT2D eigenvalue weighted by atomic mass is 32.2. The Morgan fingerprint density at radius 1 is 1.30 bits per heavy atom. The minimum absolute atomic E-state index is 0.0463. The molecule has 0 radical (unpaired) electrons. The molecule has 1 fully saturated rings. The first-order valence-electron chi connectivity index (χ1n) is 7.28. The molecular formula is C15H26N4S. The van der Waals surface area contributed by atoms with Gasteiger partial charge in [-0.2, -0.15) is 11.8 Å². The SMILES string of the molecule is CNc1cc(NCC2(C)CCCS2)nc(C(C)(C)C)n1. The summed E-state index contributed by atoms with van der Waals surface area (Å²) in [5, 5.41) is 6.62. The summed E-state index contributed by atoms with van der Waals surface area (Å²) in [7, 11) is 1.90. The topological polar surface area (TPSA) is 49.8 Å². The van der Waals surface area contributed by atoms with Crippen molar-refractivity contribution in [2.45, 2.75) is 50.7 Å². The molecule has 0 aliphatic carbocycles. The maximum atomic E-state index is 4.67. The van der Waals surface area contributed by atoms with Crippen LogP contribution in [0.2, 0.25) is 0 Å². The first-order valence-corrected chi connectivity index (χ1v) is 8.26. The van der Waals surface area contributed by atoms with Crippen molar-refractivity contribution in [1.82, 2.24) is 9.97 Å². The zero-order valence-corrected chi connectivity index (χ0v) is 14.0. The molecular weight excluding hydrogens is 268 g/mol. The Balaban J connectivity index is 2.14. The highest BCUT2D eigenvalue weighted by Gasteiger charge is 2.29. The first-order chi connectivity index (χ1) is 9.32. The maximum absolute atomic E-state index is 4.67. The second-order valence-corrected chi connectivity index (χ2v) is 8.40. The van der Waals surface area contributed by atoms with E-state index >= 15 is 0 Å². The molecule has 2 rings (SSSR count). The number of rotatable bonds is 4. The van der Waals surface area contributed by atoms with E-state index in [4.69, 9.17) is 0 Å². The van der Waals surface area contributed by atoms with E-state index in [1.54, 1.807) is 0 Å². The lowest BCUT2D eigenvalue weighted by Gasteiger charge is -2.24. The molecule has 4 nitrogen and oxygen atoms in total. The van der Waals surface area contributed by atoms with Gasteiger partial charge in [-0.25, -0.2) is 9.97 Å². The van der Waals surface area contributed by atoms with Gasteiger partial charge < -0.3 is 10.6 Å². The number of anilines is 2. The van der Waals surface area contributed by atoms with Crippen LogP contribution >= 0.6 is 11.8 Å². The fourth-order valence-corrected chi connectivity index (χ4v) is 3.50. The molecule has 0 amide bonds. The average molecular weight is 294 g/mol. The Hall–Kier alpha value is -0.970. The van der Waals surface area contributed by atoms with Gasteiger partial charge in [0.15, 0.2) is 0 Å². The van der Waals surface area contributed by atoms with Gasteiger partial charge in [-0.1, -0.05) is 20.8 Å². The van der Waals surface area contributed by atoms with Crippen molar-refractivity contribution in [3.8, 4) is 0 Å². The minimum Gasteiger partial charge on any atom is -0.373 e. The molecule has 1 saturated heterocycles. The third-order valence-corrected chi connectivity index (χ3v) is 5.14. The molecule has 0 saturated carbocycles. The molecule has 1 aliphatic rings. The van der Waals surface area contributed by atoms with Crippen molar-refractivity contribution in [2.24, 2.45) is 0 Å². The van der Waals surface area contributed by atoms with Gasteiger partial charge in [-0.05, 0) is 25.5 Å². The summed E-state index contributed by atoms with van der Waals surface area (Å²) >= 11 is 2.06. The van der Waals surface area contributed by atoms with E-state index in [9.17, 15) is 0 Å². The van der Waals surface area contributed by atoms with Crippen LogP contribution in [0.3, 0.4) is 0 Å². The third kappa shape index (κ3) is 3.78. The molecule has 0 spiro atoms. The van der Waals surface area contributed by atoms with Crippen LogP contribution in [0.4, 0.5) is 11.6 Å². The molecule has 1 atom stereocenters. The van der Waals surface area contributed by atoms with Crippen molar-refractivity contribution < 1.29 is 0 Å². The van der Waals surface area contributed by atoms with Crippen LogP contribution in [-0.4, -0.2) is 34.1 Å². The lowest BCUT2D eigenvalue weighted by Crippen LogP contribution is -2.28. The Morgan fingerprint density at radius 3 is 2.55 bits per heavy atom. The third-order valence-electron chi connectivity index (χ3n) is 3.60. The van der Waals surface area contributed by atoms with Gasteiger partial charge in [0.2, 0.25) is 0 Å². The summed E-state index contributed by atoms with van der Waals surface area (Å²) in [5.41, 5.74) is -0.0463. The zero-order chi connectivity index (χ0) is 14.8. The van der Waals surface area contributed by atoms with Gasteiger partial charge in [0.25, 0.3) is 0 Å². The summed E-state index contributed by atoms with van der Waals surface area (Å²) in [6, 6.07) is 1.98. The Labute approximate surface area is 126 Å². The highest BCUT2D eigenvalue weighted by Crippen LogP contribution is 2.37. The van der Waals surface area contributed by atoms with E-state index < -0.39 is 0 Å². The molecule has 0 bridgehead atoms. The Bertz CT molecular complexity index is 461. The second kappa shape index (κ2) is 5.80. The van der Waals surface area contributed by atoms with Crippen LogP contribution in [0.5, 0.6) is 0 Å². The monoisotopic (exact) mass is 294 g/mol. The van der Waals surface area contributed by atoms with Crippen molar-refractivity contribution >= 4 is 23.4 Å². The molecule has 0 aromatic carbocycles. The van der Waals surface area contributed by atoms with Gasteiger partial charge in [0.1, 0.15) is 17.5 Å². The summed E-state index contributed by atoms with van der Waals surface area (Å²) in [5.74, 6) is 3.94.